The van der Waals surface area contributed by atoms with Crippen molar-refractivity contribution in [2.75, 3.05) is 37.8 Å². The predicted octanol–water partition coefficient (Wildman–Crippen LogP) is 1.63. The minimum absolute atomic E-state index is 0.665. The molecule has 2 N–H and O–H groups in total. The Morgan fingerprint density at radius 3 is 2.94 bits per heavy atom. The van der Waals surface area contributed by atoms with Crippen LogP contribution in [0.25, 0.3) is 0 Å². The summed E-state index contributed by atoms with van der Waals surface area (Å²) in [5, 5.41) is 6.54. The molecular weight excluding hydrogens is 200 g/mol. The van der Waals surface area contributed by atoms with E-state index in [-0.39, 0.29) is 0 Å². The van der Waals surface area contributed by atoms with Crippen LogP contribution in [0.15, 0.2) is 18.5 Å². The summed E-state index contributed by atoms with van der Waals surface area (Å²) in [5.41, 5.74) is 2.14. The highest BCUT2D eigenvalue weighted by molar-refractivity contribution is 5.53. The molecule has 16 heavy (non-hydrogen) atoms. The van der Waals surface area contributed by atoms with Gasteiger partial charge in [-0.25, -0.2) is 0 Å². The highest BCUT2D eigenvalue weighted by Gasteiger charge is 2.20. The first kappa shape index (κ1) is 11.2. The quantitative estimate of drug-likeness (QED) is 0.809. The lowest BCUT2D eigenvalue weighted by Gasteiger charge is -2.20. The van der Waals surface area contributed by atoms with Crippen molar-refractivity contribution in [1.82, 2.24) is 9.88 Å². The second-order valence-corrected chi connectivity index (χ2v) is 4.37. The molecule has 4 heteroatoms. The average Bonchev–Trinajstić information content (AvgIpc) is 2.72. The molecule has 1 aromatic rings. The van der Waals surface area contributed by atoms with Crippen LogP contribution >= 0.6 is 0 Å². The van der Waals surface area contributed by atoms with Gasteiger partial charge in [0.2, 0.25) is 0 Å². The standard InChI is InChI=1S/C12H20N4/c1-13-10-6-11(8-14-7-10)15-9-12-4-3-5-16(12)2/h6-8,12-13,15H,3-5,9H2,1-2H3. The zero-order chi connectivity index (χ0) is 11.4. The van der Waals surface area contributed by atoms with Crippen molar-refractivity contribution in [3.63, 3.8) is 0 Å². The Bertz CT molecular complexity index is 340. The number of nitrogens with zero attached hydrogens (tertiary/aromatic N) is 2. The second kappa shape index (κ2) is 5.16. The van der Waals surface area contributed by atoms with Crippen molar-refractivity contribution in [3.05, 3.63) is 18.5 Å². The lowest BCUT2D eigenvalue weighted by molar-refractivity contribution is 0.322. The molecular formula is C12H20N4. The Hall–Kier alpha value is -1.29. The number of aromatic nitrogens is 1. The molecule has 0 aromatic carbocycles. The van der Waals surface area contributed by atoms with Crippen LogP contribution in [0.3, 0.4) is 0 Å². The highest BCUT2D eigenvalue weighted by Crippen LogP contribution is 2.17. The van der Waals surface area contributed by atoms with Crippen LogP contribution in [0.4, 0.5) is 11.4 Å². The Labute approximate surface area is 97.1 Å². The maximum atomic E-state index is 4.18. The largest absolute Gasteiger partial charge is 0.387 e. The zero-order valence-electron chi connectivity index (χ0n) is 10.0. The third-order valence-electron chi connectivity index (χ3n) is 3.24. The van der Waals surface area contributed by atoms with Gasteiger partial charge in [0.05, 0.1) is 23.8 Å². The lowest BCUT2D eigenvalue weighted by Crippen LogP contribution is -2.31. The van der Waals surface area contributed by atoms with E-state index in [2.05, 4.69) is 33.6 Å². The number of hydrogen-bond acceptors (Lipinski definition) is 4. The fourth-order valence-electron chi connectivity index (χ4n) is 2.15. The summed E-state index contributed by atoms with van der Waals surface area (Å²) < 4.78 is 0. The summed E-state index contributed by atoms with van der Waals surface area (Å²) >= 11 is 0. The van der Waals surface area contributed by atoms with Gasteiger partial charge in [0.25, 0.3) is 0 Å². The topological polar surface area (TPSA) is 40.2 Å². The van der Waals surface area contributed by atoms with Crippen molar-refractivity contribution >= 4 is 11.4 Å². The van der Waals surface area contributed by atoms with Crippen molar-refractivity contribution in [3.8, 4) is 0 Å². The Balaban J connectivity index is 1.88. The number of rotatable bonds is 4. The molecule has 88 valence electrons. The molecule has 1 fully saturated rings. The molecule has 0 spiro atoms. The molecule has 2 heterocycles. The summed E-state index contributed by atoms with van der Waals surface area (Å²) in [6.45, 7) is 2.23. The van der Waals surface area contributed by atoms with E-state index >= 15 is 0 Å². The maximum Gasteiger partial charge on any atom is 0.0548 e. The molecule has 1 atom stereocenters. The summed E-state index contributed by atoms with van der Waals surface area (Å²) in [6, 6.07) is 2.75. The Kier molecular flexibility index (Phi) is 3.62. The van der Waals surface area contributed by atoms with Gasteiger partial charge in [-0.3, -0.25) is 4.98 Å². The minimum atomic E-state index is 0.665. The van der Waals surface area contributed by atoms with Gasteiger partial charge in [-0.2, -0.15) is 0 Å². The molecule has 0 aliphatic carbocycles. The molecule has 1 unspecified atom stereocenters. The third kappa shape index (κ3) is 2.64. The first-order chi connectivity index (χ1) is 7.79. The third-order valence-corrected chi connectivity index (χ3v) is 3.24. The van der Waals surface area contributed by atoms with Gasteiger partial charge in [0.1, 0.15) is 0 Å². The molecule has 0 amide bonds. The van der Waals surface area contributed by atoms with Crippen molar-refractivity contribution in [2.45, 2.75) is 18.9 Å². The summed E-state index contributed by atoms with van der Waals surface area (Å²) in [6.07, 6.45) is 6.31. The highest BCUT2D eigenvalue weighted by atomic mass is 15.2. The van der Waals surface area contributed by atoms with Gasteiger partial charge < -0.3 is 15.5 Å². The van der Waals surface area contributed by atoms with Crippen LogP contribution in [0.5, 0.6) is 0 Å². The van der Waals surface area contributed by atoms with Gasteiger partial charge in [-0.05, 0) is 32.5 Å². The fourth-order valence-corrected chi connectivity index (χ4v) is 2.15. The molecule has 1 aromatic heterocycles. The minimum Gasteiger partial charge on any atom is -0.387 e. The lowest BCUT2D eigenvalue weighted by atomic mass is 10.2. The molecule has 0 saturated carbocycles. The van der Waals surface area contributed by atoms with Gasteiger partial charge in [-0.15, -0.1) is 0 Å². The van der Waals surface area contributed by atoms with Crippen LogP contribution in [-0.2, 0) is 0 Å². The number of nitrogens with one attached hydrogen (secondary N) is 2. The molecule has 1 aliphatic rings. The van der Waals surface area contributed by atoms with E-state index in [1.165, 1.54) is 19.4 Å². The van der Waals surface area contributed by atoms with E-state index in [9.17, 15) is 0 Å². The van der Waals surface area contributed by atoms with Crippen LogP contribution < -0.4 is 10.6 Å². The first-order valence-corrected chi connectivity index (χ1v) is 5.86. The first-order valence-electron chi connectivity index (χ1n) is 5.86. The van der Waals surface area contributed by atoms with Gasteiger partial charge in [0.15, 0.2) is 0 Å². The van der Waals surface area contributed by atoms with Crippen molar-refractivity contribution in [2.24, 2.45) is 0 Å². The van der Waals surface area contributed by atoms with E-state index in [1.54, 1.807) is 0 Å². The van der Waals surface area contributed by atoms with Crippen LogP contribution in [0.1, 0.15) is 12.8 Å². The van der Waals surface area contributed by atoms with E-state index < -0.39 is 0 Å². The summed E-state index contributed by atoms with van der Waals surface area (Å²) in [7, 11) is 4.10. The molecule has 1 aliphatic heterocycles. The van der Waals surface area contributed by atoms with Crippen molar-refractivity contribution < 1.29 is 0 Å². The summed E-state index contributed by atoms with van der Waals surface area (Å²) in [5.74, 6) is 0. The number of pyridine rings is 1. The molecule has 0 bridgehead atoms. The van der Waals surface area contributed by atoms with E-state index in [4.69, 9.17) is 0 Å². The van der Waals surface area contributed by atoms with E-state index in [1.807, 2.05) is 19.4 Å². The van der Waals surface area contributed by atoms with Gasteiger partial charge in [0, 0.05) is 19.6 Å². The monoisotopic (exact) mass is 220 g/mol. The molecule has 1 saturated heterocycles. The number of hydrogen-bond donors (Lipinski definition) is 2. The van der Waals surface area contributed by atoms with E-state index in [0.29, 0.717) is 6.04 Å². The summed E-state index contributed by atoms with van der Waals surface area (Å²) in [4.78, 5) is 6.60. The average molecular weight is 220 g/mol. The van der Waals surface area contributed by atoms with Gasteiger partial charge in [-0.1, -0.05) is 0 Å². The van der Waals surface area contributed by atoms with Crippen LogP contribution in [0.2, 0.25) is 0 Å². The number of likely N-dealkylation sites (N-methyl/N-ethyl adjacent to an activating group) is 1. The Morgan fingerprint density at radius 2 is 2.25 bits per heavy atom. The van der Waals surface area contributed by atoms with Crippen LogP contribution in [0, 0.1) is 0 Å². The second-order valence-electron chi connectivity index (χ2n) is 4.37. The number of anilines is 2. The molecule has 4 nitrogen and oxygen atoms in total. The molecule has 0 radical (unpaired) electrons. The smallest absolute Gasteiger partial charge is 0.0548 e. The Morgan fingerprint density at radius 1 is 1.44 bits per heavy atom. The maximum absolute atomic E-state index is 4.18. The fraction of sp³-hybridized carbons (Fsp3) is 0.583. The van der Waals surface area contributed by atoms with Crippen molar-refractivity contribution in [1.29, 1.82) is 0 Å². The normalized spacial score (nSPS) is 21.0. The van der Waals surface area contributed by atoms with Crippen LogP contribution in [-0.4, -0.2) is 43.1 Å². The zero-order valence-corrected chi connectivity index (χ0v) is 10.0. The predicted molar refractivity (Wildman–Crippen MR) is 67.9 cm³/mol. The van der Waals surface area contributed by atoms with E-state index in [0.717, 1.165) is 17.9 Å². The molecule has 2 rings (SSSR count). The SMILES string of the molecule is CNc1cncc(NCC2CCCN2C)c1. The number of likely N-dealkylation sites (tertiary alicyclic amines) is 1. The van der Waals surface area contributed by atoms with Gasteiger partial charge >= 0.3 is 0 Å².